The fourth-order valence-electron chi connectivity index (χ4n) is 1.38. The van der Waals surface area contributed by atoms with Gasteiger partial charge < -0.3 is 25.6 Å². The van der Waals surface area contributed by atoms with Gasteiger partial charge in [-0.1, -0.05) is 30.3 Å². The molecule has 1 aromatic carbocycles. The summed E-state index contributed by atoms with van der Waals surface area (Å²) in [6.45, 7) is 5.04. The fourth-order valence-corrected chi connectivity index (χ4v) is 1.38. The minimum atomic E-state index is -1.35. The first kappa shape index (κ1) is 22.1. The van der Waals surface area contributed by atoms with Crippen molar-refractivity contribution in [2.75, 3.05) is 0 Å². The molecule has 8 nitrogen and oxygen atoms in total. The number of hydrogen-bond acceptors (Lipinski definition) is 5. The van der Waals surface area contributed by atoms with Crippen molar-refractivity contribution in [2.24, 2.45) is 0 Å². The van der Waals surface area contributed by atoms with Gasteiger partial charge in [-0.3, -0.25) is 0 Å². The average Bonchev–Trinajstić information content (AvgIpc) is 2.35. The lowest BCUT2D eigenvalue weighted by Crippen LogP contribution is -2.37. The SMILES string of the molecule is CC(C)(C)OC(=O)NOC(=O)[C@H](O)Cc1ccccc1.O.O. The molecule has 0 aromatic heterocycles. The first-order valence-corrected chi connectivity index (χ1v) is 6.19. The number of carbonyl (C=O) groups is 2. The second kappa shape index (κ2) is 9.72. The van der Waals surface area contributed by atoms with Gasteiger partial charge in [0.1, 0.15) is 5.60 Å². The van der Waals surface area contributed by atoms with E-state index < -0.39 is 23.8 Å². The molecule has 0 spiro atoms. The van der Waals surface area contributed by atoms with Crippen LogP contribution in [0.1, 0.15) is 26.3 Å². The molecule has 0 saturated carbocycles. The minimum Gasteiger partial charge on any atom is -0.442 e. The van der Waals surface area contributed by atoms with Crippen molar-refractivity contribution in [3.05, 3.63) is 35.9 Å². The van der Waals surface area contributed by atoms with E-state index in [0.717, 1.165) is 5.56 Å². The number of benzene rings is 1. The molecule has 1 amide bonds. The summed E-state index contributed by atoms with van der Waals surface area (Å²) in [5.41, 5.74) is 1.93. The first-order chi connectivity index (χ1) is 9.28. The van der Waals surface area contributed by atoms with Gasteiger partial charge in [0.2, 0.25) is 0 Å². The van der Waals surface area contributed by atoms with E-state index in [1.54, 1.807) is 45.0 Å². The van der Waals surface area contributed by atoms with Gasteiger partial charge in [-0.2, -0.15) is 0 Å². The average molecular weight is 317 g/mol. The number of aliphatic hydroxyl groups is 1. The van der Waals surface area contributed by atoms with E-state index in [1.165, 1.54) is 0 Å². The zero-order chi connectivity index (χ0) is 15.2. The quantitative estimate of drug-likeness (QED) is 0.748. The van der Waals surface area contributed by atoms with Gasteiger partial charge in [0, 0.05) is 6.42 Å². The van der Waals surface area contributed by atoms with Crippen LogP contribution in [0.2, 0.25) is 0 Å². The molecule has 0 aliphatic rings. The van der Waals surface area contributed by atoms with Crippen molar-refractivity contribution in [1.29, 1.82) is 0 Å². The van der Waals surface area contributed by atoms with Crippen LogP contribution in [0.4, 0.5) is 4.79 Å². The predicted molar refractivity (Wildman–Crippen MR) is 78.8 cm³/mol. The van der Waals surface area contributed by atoms with E-state index in [4.69, 9.17) is 4.74 Å². The van der Waals surface area contributed by atoms with Crippen LogP contribution >= 0.6 is 0 Å². The van der Waals surface area contributed by atoms with Crippen molar-refractivity contribution < 1.29 is 35.2 Å². The van der Waals surface area contributed by atoms with Crippen molar-refractivity contribution in [3.63, 3.8) is 0 Å². The molecule has 0 radical (unpaired) electrons. The summed E-state index contributed by atoms with van der Waals surface area (Å²) in [4.78, 5) is 27.2. The summed E-state index contributed by atoms with van der Waals surface area (Å²) in [6.07, 6.45) is -2.14. The summed E-state index contributed by atoms with van der Waals surface area (Å²) in [5.74, 6) is -0.945. The van der Waals surface area contributed by atoms with Gasteiger partial charge in [-0.05, 0) is 26.3 Å². The van der Waals surface area contributed by atoms with Gasteiger partial charge in [0.25, 0.3) is 0 Å². The molecule has 0 fully saturated rings. The van der Waals surface area contributed by atoms with E-state index in [0.29, 0.717) is 0 Å². The number of aliphatic hydroxyl groups excluding tert-OH is 1. The third kappa shape index (κ3) is 8.90. The summed E-state index contributed by atoms with van der Waals surface area (Å²) in [6, 6.07) is 8.98. The zero-order valence-electron chi connectivity index (χ0n) is 12.8. The second-order valence-electron chi connectivity index (χ2n) is 5.23. The standard InChI is InChI=1S/C14H19NO5.2H2O/c1-14(2,3)19-13(18)15-20-12(17)11(16)9-10-7-5-4-6-8-10;;/h4-8,11,16H,9H2,1-3H3,(H,15,18);2*1H2/t11-;;/m1../s1. The van der Waals surface area contributed by atoms with Crippen molar-refractivity contribution in [2.45, 2.75) is 38.9 Å². The highest BCUT2D eigenvalue weighted by Gasteiger charge is 2.21. The van der Waals surface area contributed by atoms with Crippen LogP contribution in [0.5, 0.6) is 0 Å². The second-order valence-corrected chi connectivity index (χ2v) is 5.23. The maximum atomic E-state index is 11.5. The molecule has 8 heteroatoms. The van der Waals surface area contributed by atoms with Crippen LogP contribution in [-0.4, -0.2) is 39.8 Å². The highest BCUT2D eigenvalue weighted by atomic mass is 16.7. The molecule has 6 N–H and O–H groups in total. The Morgan fingerprint density at radius 1 is 1.18 bits per heavy atom. The summed E-state index contributed by atoms with van der Waals surface area (Å²) in [7, 11) is 0. The molecular weight excluding hydrogens is 294 g/mol. The Morgan fingerprint density at radius 3 is 2.23 bits per heavy atom. The molecule has 22 heavy (non-hydrogen) atoms. The van der Waals surface area contributed by atoms with E-state index >= 15 is 0 Å². The highest BCUT2D eigenvalue weighted by molar-refractivity contribution is 5.77. The van der Waals surface area contributed by atoms with Crippen LogP contribution in [0.15, 0.2) is 30.3 Å². The van der Waals surface area contributed by atoms with E-state index in [1.807, 2.05) is 11.5 Å². The molecule has 1 aromatic rings. The number of carbonyl (C=O) groups excluding carboxylic acids is 2. The Kier molecular flexibility index (Phi) is 9.77. The van der Waals surface area contributed by atoms with Crippen LogP contribution in [0.25, 0.3) is 0 Å². The van der Waals surface area contributed by atoms with E-state index in [9.17, 15) is 14.7 Å². The van der Waals surface area contributed by atoms with Gasteiger partial charge in [-0.25, -0.2) is 9.59 Å². The molecule has 0 bridgehead atoms. The summed E-state index contributed by atoms with van der Waals surface area (Å²) >= 11 is 0. The number of ether oxygens (including phenoxy) is 1. The molecule has 1 atom stereocenters. The third-order valence-corrected chi connectivity index (χ3v) is 2.18. The van der Waals surface area contributed by atoms with E-state index in [-0.39, 0.29) is 17.4 Å². The first-order valence-electron chi connectivity index (χ1n) is 6.19. The predicted octanol–water partition coefficient (Wildman–Crippen LogP) is -0.0765. The largest absolute Gasteiger partial charge is 0.442 e. The van der Waals surface area contributed by atoms with Crippen LogP contribution in [0, 0.1) is 0 Å². The third-order valence-electron chi connectivity index (χ3n) is 2.18. The number of rotatable bonds is 3. The molecular formula is C14H23NO7. The molecule has 0 saturated heterocycles. The number of nitrogens with one attached hydrogen (secondary N) is 1. The van der Waals surface area contributed by atoms with Crippen molar-refractivity contribution >= 4 is 12.1 Å². The normalized spacial score (nSPS) is 11.3. The van der Waals surface area contributed by atoms with Crippen molar-refractivity contribution in [1.82, 2.24) is 5.48 Å². The monoisotopic (exact) mass is 317 g/mol. The molecule has 0 unspecified atom stereocenters. The lowest BCUT2D eigenvalue weighted by Gasteiger charge is -2.19. The van der Waals surface area contributed by atoms with Gasteiger partial charge in [-0.15, -0.1) is 5.48 Å². The van der Waals surface area contributed by atoms with Gasteiger partial charge in [0.05, 0.1) is 0 Å². The van der Waals surface area contributed by atoms with Crippen LogP contribution in [0.3, 0.4) is 0 Å². The molecule has 0 aliphatic heterocycles. The topological polar surface area (TPSA) is 148 Å². The van der Waals surface area contributed by atoms with Gasteiger partial charge in [0.15, 0.2) is 6.10 Å². The molecule has 1 rings (SSSR count). The highest BCUT2D eigenvalue weighted by Crippen LogP contribution is 2.07. The molecule has 126 valence electrons. The Hall–Kier alpha value is -2.16. The molecule has 0 aliphatic carbocycles. The van der Waals surface area contributed by atoms with Crippen LogP contribution < -0.4 is 5.48 Å². The van der Waals surface area contributed by atoms with E-state index in [2.05, 4.69) is 4.84 Å². The Morgan fingerprint density at radius 2 is 1.73 bits per heavy atom. The van der Waals surface area contributed by atoms with Gasteiger partial charge >= 0.3 is 12.1 Å². The smallest absolute Gasteiger partial charge is 0.441 e. The maximum absolute atomic E-state index is 11.5. The number of hydroxylamine groups is 1. The summed E-state index contributed by atoms with van der Waals surface area (Å²) in [5, 5.41) is 9.65. The van der Waals surface area contributed by atoms with Crippen molar-refractivity contribution in [3.8, 4) is 0 Å². The molecule has 0 heterocycles. The lowest BCUT2D eigenvalue weighted by molar-refractivity contribution is -0.160. The fraction of sp³-hybridized carbons (Fsp3) is 0.429. The Bertz CT molecular complexity index is 456. The minimum absolute atomic E-state index is 0. The number of hydrogen-bond donors (Lipinski definition) is 2. The maximum Gasteiger partial charge on any atom is 0.441 e. The Labute approximate surface area is 128 Å². The number of amides is 1. The lowest BCUT2D eigenvalue weighted by atomic mass is 10.1. The van der Waals surface area contributed by atoms with Crippen LogP contribution in [-0.2, 0) is 20.8 Å². The summed E-state index contributed by atoms with van der Waals surface area (Å²) < 4.78 is 4.88. The zero-order valence-corrected chi connectivity index (χ0v) is 12.8. The Balaban J connectivity index is 0.